The molecule has 4 rings (SSSR count). The Morgan fingerprint density at radius 3 is 2.84 bits per heavy atom. The zero-order valence-electron chi connectivity index (χ0n) is 16.6. The number of aromatic nitrogens is 5. The van der Waals surface area contributed by atoms with Gasteiger partial charge in [0.05, 0.1) is 6.20 Å². The van der Waals surface area contributed by atoms with Crippen LogP contribution >= 0.6 is 0 Å². The predicted octanol–water partition coefficient (Wildman–Crippen LogP) is 3.13. The zero-order valence-corrected chi connectivity index (χ0v) is 16.6. The second-order valence-electron chi connectivity index (χ2n) is 6.65. The van der Waals surface area contributed by atoms with Gasteiger partial charge in [0.2, 0.25) is 5.95 Å². The van der Waals surface area contributed by atoms with E-state index < -0.39 is 17.5 Å². The number of halogens is 2. The molecule has 31 heavy (non-hydrogen) atoms. The Kier molecular flexibility index (Phi) is 5.39. The summed E-state index contributed by atoms with van der Waals surface area (Å²) in [6, 6.07) is 4.78. The van der Waals surface area contributed by atoms with E-state index >= 15 is 0 Å². The maximum atomic E-state index is 13.7. The molecule has 0 atom stereocenters. The fraction of sp³-hybridized carbons (Fsp3) is 0.150. The average Bonchev–Trinajstić information content (AvgIpc) is 3.39. The van der Waals surface area contributed by atoms with Gasteiger partial charge in [-0.25, -0.2) is 23.7 Å². The molecule has 0 aliphatic heterocycles. The first-order valence-electron chi connectivity index (χ1n) is 9.17. The van der Waals surface area contributed by atoms with Crippen LogP contribution in [0.2, 0.25) is 0 Å². The van der Waals surface area contributed by atoms with E-state index in [1.54, 1.807) is 37.1 Å². The van der Waals surface area contributed by atoms with Crippen molar-refractivity contribution in [3.63, 3.8) is 0 Å². The highest BCUT2D eigenvalue weighted by molar-refractivity contribution is 5.90. The normalized spacial score (nSPS) is 10.8. The first kappa shape index (κ1) is 20.1. The van der Waals surface area contributed by atoms with Crippen LogP contribution < -0.4 is 10.6 Å². The Bertz CT molecular complexity index is 1250. The van der Waals surface area contributed by atoms with Gasteiger partial charge < -0.3 is 15.1 Å². The van der Waals surface area contributed by atoms with E-state index in [0.717, 1.165) is 23.8 Å². The summed E-state index contributed by atoms with van der Waals surface area (Å²) in [6.07, 6.45) is 4.54. The summed E-state index contributed by atoms with van der Waals surface area (Å²) in [6.45, 7) is 1.58. The van der Waals surface area contributed by atoms with Crippen LogP contribution in [0.15, 0.2) is 47.3 Å². The van der Waals surface area contributed by atoms with Crippen molar-refractivity contribution in [2.24, 2.45) is 7.05 Å². The van der Waals surface area contributed by atoms with Crippen molar-refractivity contribution in [2.45, 2.75) is 13.5 Å². The minimum atomic E-state index is -0.671. The summed E-state index contributed by atoms with van der Waals surface area (Å²) < 4.78 is 33.9. The number of carbonyl (C=O) groups excluding carboxylic acids is 1. The third kappa shape index (κ3) is 4.39. The van der Waals surface area contributed by atoms with Gasteiger partial charge in [0.1, 0.15) is 35.1 Å². The molecule has 0 bridgehead atoms. The summed E-state index contributed by atoms with van der Waals surface area (Å²) in [7, 11) is 1.77. The van der Waals surface area contributed by atoms with Crippen molar-refractivity contribution in [1.82, 2.24) is 30.0 Å². The van der Waals surface area contributed by atoms with Crippen molar-refractivity contribution in [2.75, 3.05) is 5.32 Å². The molecule has 4 aromatic rings. The molecule has 0 saturated heterocycles. The molecule has 0 radical (unpaired) electrons. The molecule has 3 aromatic heterocycles. The lowest BCUT2D eigenvalue weighted by atomic mass is 10.2. The lowest BCUT2D eigenvalue weighted by molar-refractivity contribution is 0.0916. The molecule has 1 aromatic carbocycles. The summed E-state index contributed by atoms with van der Waals surface area (Å²) >= 11 is 0. The molecule has 0 spiro atoms. The maximum Gasteiger partial charge on any atom is 0.307 e. The van der Waals surface area contributed by atoms with E-state index in [4.69, 9.17) is 4.42 Å². The number of amides is 1. The van der Waals surface area contributed by atoms with Gasteiger partial charge in [0.15, 0.2) is 0 Å². The molecule has 0 unspecified atom stereocenters. The SMILES string of the molecule is Cc1cnc(Nc2ccnn2C)nc1-c1coc(C(=O)NCc2cc(F)ccc2F)n1. The molecular weight excluding hydrogens is 408 g/mol. The minimum Gasteiger partial charge on any atom is -0.440 e. The Hall–Kier alpha value is -4.15. The van der Waals surface area contributed by atoms with E-state index in [9.17, 15) is 13.6 Å². The van der Waals surface area contributed by atoms with E-state index in [-0.39, 0.29) is 18.0 Å². The van der Waals surface area contributed by atoms with Crippen molar-refractivity contribution < 1.29 is 18.0 Å². The first-order valence-corrected chi connectivity index (χ1v) is 9.17. The van der Waals surface area contributed by atoms with Crippen LogP contribution in [0.4, 0.5) is 20.5 Å². The van der Waals surface area contributed by atoms with E-state index in [0.29, 0.717) is 23.2 Å². The van der Waals surface area contributed by atoms with Gasteiger partial charge >= 0.3 is 5.91 Å². The van der Waals surface area contributed by atoms with Crippen molar-refractivity contribution in [3.8, 4) is 11.4 Å². The van der Waals surface area contributed by atoms with E-state index in [1.165, 1.54) is 6.26 Å². The highest BCUT2D eigenvalue weighted by atomic mass is 19.1. The largest absolute Gasteiger partial charge is 0.440 e. The van der Waals surface area contributed by atoms with Gasteiger partial charge in [-0.15, -0.1) is 0 Å². The zero-order chi connectivity index (χ0) is 22.0. The third-order valence-electron chi connectivity index (χ3n) is 4.42. The van der Waals surface area contributed by atoms with Crippen molar-refractivity contribution >= 4 is 17.7 Å². The van der Waals surface area contributed by atoms with E-state index in [1.807, 2.05) is 0 Å². The second kappa shape index (κ2) is 8.30. The minimum absolute atomic E-state index is 0.0117. The third-order valence-corrected chi connectivity index (χ3v) is 4.42. The number of hydrogen-bond acceptors (Lipinski definition) is 7. The molecular formula is C20H17F2N7O2. The van der Waals surface area contributed by atoms with Gasteiger partial charge in [0, 0.05) is 31.4 Å². The summed E-state index contributed by atoms with van der Waals surface area (Å²) in [5, 5.41) is 9.56. The summed E-state index contributed by atoms with van der Waals surface area (Å²) in [5.41, 5.74) is 1.53. The number of nitrogens with one attached hydrogen (secondary N) is 2. The molecule has 1 amide bonds. The first-order chi connectivity index (χ1) is 14.9. The van der Waals surface area contributed by atoms with Crippen LogP contribution in [-0.2, 0) is 13.6 Å². The number of anilines is 2. The van der Waals surface area contributed by atoms with Crippen LogP contribution in [0, 0.1) is 18.6 Å². The molecule has 0 aliphatic rings. The molecule has 9 nitrogen and oxygen atoms in total. The number of benzene rings is 1. The summed E-state index contributed by atoms with van der Waals surface area (Å²) in [5.74, 6) is -1.11. The van der Waals surface area contributed by atoms with Crippen LogP contribution in [0.25, 0.3) is 11.4 Å². The second-order valence-corrected chi connectivity index (χ2v) is 6.65. The van der Waals surface area contributed by atoms with Gasteiger partial charge in [-0.1, -0.05) is 0 Å². The highest BCUT2D eigenvalue weighted by Gasteiger charge is 2.18. The maximum absolute atomic E-state index is 13.7. The van der Waals surface area contributed by atoms with E-state index in [2.05, 4.69) is 30.7 Å². The van der Waals surface area contributed by atoms with Gasteiger partial charge in [-0.05, 0) is 30.7 Å². The topological polar surface area (TPSA) is 111 Å². The van der Waals surface area contributed by atoms with Crippen LogP contribution in [0.5, 0.6) is 0 Å². The number of oxazole rings is 1. The van der Waals surface area contributed by atoms with Gasteiger partial charge in [0.25, 0.3) is 5.89 Å². The van der Waals surface area contributed by atoms with Gasteiger partial charge in [-0.2, -0.15) is 5.10 Å². The fourth-order valence-electron chi connectivity index (χ4n) is 2.79. The monoisotopic (exact) mass is 425 g/mol. The number of carbonyl (C=O) groups is 1. The van der Waals surface area contributed by atoms with Crippen LogP contribution in [0.1, 0.15) is 21.8 Å². The number of rotatable bonds is 6. The van der Waals surface area contributed by atoms with Crippen molar-refractivity contribution in [1.29, 1.82) is 0 Å². The Labute approximate surface area is 175 Å². The summed E-state index contributed by atoms with van der Waals surface area (Å²) in [4.78, 5) is 25.2. The standard InChI is InChI=1S/C20H17F2N7O2/c1-11-8-24-20(27-16-5-6-25-29(16)2)28-17(11)15-10-31-19(26-15)18(30)23-9-12-7-13(21)3-4-14(12)22/h3-8,10H,9H2,1-2H3,(H,23,30)(H,24,27,28). The Morgan fingerprint density at radius 2 is 2.06 bits per heavy atom. The molecule has 2 N–H and O–H groups in total. The molecule has 3 heterocycles. The van der Waals surface area contributed by atoms with Gasteiger partial charge in [-0.3, -0.25) is 9.48 Å². The fourth-order valence-corrected chi connectivity index (χ4v) is 2.79. The number of nitrogens with zero attached hydrogens (tertiary/aromatic N) is 5. The lowest BCUT2D eigenvalue weighted by Gasteiger charge is -2.07. The molecule has 0 aliphatic carbocycles. The van der Waals surface area contributed by atoms with Crippen LogP contribution in [0.3, 0.4) is 0 Å². The quantitative estimate of drug-likeness (QED) is 0.488. The smallest absolute Gasteiger partial charge is 0.307 e. The molecule has 158 valence electrons. The Morgan fingerprint density at radius 1 is 1.23 bits per heavy atom. The molecule has 0 saturated carbocycles. The highest BCUT2D eigenvalue weighted by Crippen LogP contribution is 2.22. The number of aryl methyl sites for hydroxylation is 2. The lowest BCUT2D eigenvalue weighted by Crippen LogP contribution is -2.23. The number of hydrogen-bond donors (Lipinski definition) is 2. The van der Waals surface area contributed by atoms with Crippen LogP contribution in [-0.4, -0.2) is 30.6 Å². The predicted molar refractivity (Wildman–Crippen MR) is 106 cm³/mol. The molecule has 0 fully saturated rings. The average molecular weight is 425 g/mol. The molecule has 11 heteroatoms. The van der Waals surface area contributed by atoms with Crippen molar-refractivity contribution in [3.05, 3.63) is 71.6 Å². The Balaban J connectivity index is 1.50.